The molecule has 29 heavy (non-hydrogen) atoms. The first kappa shape index (κ1) is 19.3. The molecule has 1 saturated carbocycles. The van der Waals surface area contributed by atoms with Crippen LogP contribution in [0.5, 0.6) is 11.5 Å². The van der Waals surface area contributed by atoms with Gasteiger partial charge in [-0.2, -0.15) is 0 Å². The quantitative estimate of drug-likeness (QED) is 0.756. The van der Waals surface area contributed by atoms with Crippen LogP contribution in [0.2, 0.25) is 0 Å². The Bertz CT molecular complexity index is 889. The summed E-state index contributed by atoms with van der Waals surface area (Å²) >= 11 is 0. The highest BCUT2D eigenvalue weighted by Gasteiger charge is 2.44. The van der Waals surface area contributed by atoms with E-state index in [1.54, 1.807) is 0 Å². The Labute approximate surface area is 170 Å². The Morgan fingerprint density at radius 3 is 2.55 bits per heavy atom. The molecule has 1 amide bonds. The van der Waals surface area contributed by atoms with Crippen LogP contribution in [0.15, 0.2) is 48.5 Å². The van der Waals surface area contributed by atoms with Crippen LogP contribution < -0.4 is 14.8 Å². The molecule has 0 spiro atoms. The molecular formula is C23H25NO5. The molecule has 1 aliphatic carbocycles. The molecule has 2 aromatic rings. The maximum absolute atomic E-state index is 12.9. The molecule has 0 aromatic heterocycles. The normalized spacial score (nSPS) is 17.6. The predicted molar refractivity (Wildman–Crippen MR) is 107 cm³/mol. The molecule has 1 heterocycles. The van der Waals surface area contributed by atoms with E-state index in [1.165, 1.54) is 0 Å². The highest BCUT2D eigenvalue weighted by molar-refractivity contribution is 5.86. The minimum Gasteiger partial charge on any atom is -0.455 e. The molecular weight excluding hydrogens is 370 g/mol. The lowest BCUT2D eigenvalue weighted by molar-refractivity contribution is -0.154. The zero-order valence-corrected chi connectivity index (χ0v) is 16.5. The van der Waals surface area contributed by atoms with Crippen molar-refractivity contribution in [3.63, 3.8) is 0 Å². The molecule has 0 bridgehead atoms. The monoisotopic (exact) mass is 395 g/mol. The SMILES string of the molecule is C[C@@H](NC(=O)COC(=O)C1(c2ccccc2)CCCC1)c1ccc2c(c1)OCO2. The number of amides is 1. The number of ether oxygens (including phenoxy) is 3. The van der Waals surface area contributed by atoms with E-state index in [-0.39, 0.29) is 31.3 Å². The van der Waals surface area contributed by atoms with Crippen LogP contribution in [-0.2, 0) is 19.7 Å². The first-order valence-electron chi connectivity index (χ1n) is 10.0. The number of fused-ring (bicyclic) bond motifs is 1. The molecule has 2 aliphatic rings. The average Bonchev–Trinajstić information content (AvgIpc) is 3.42. The predicted octanol–water partition coefficient (Wildman–Crippen LogP) is 3.65. The lowest BCUT2D eigenvalue weighted by Crippen LogP contribution is -2.38. The molecule has 6 heteroatoms. The lowest BCUT2D eigenvalue weighted by Gasteiger charge is -2.27. The van der Waals surface area contributed by atoms with Gasteiger partial charge in [-0.05, 0) is 43.0 Å². The van der Waals surface area contributed by atoms with E-state index in [4.69, 9.17) is 14.2 Å². The topological polar surface area (TPSA) is 73.9 Å². The number of rotatable bonds is 6. The maximum Gasteiger partial charge on any atom is 0.317 e. The van der Waals surface area contributed by atoms with Crippen molar-refractivity contribution in [3.8, 4) is 11.5 Å². The van der Waals surface area contributed by atoms with Gasteiger partial charge in [-0.1, -0.05) is 49.2 Å². The van der Waals surface area contributed by atoms with Gasteiger partial charge in [-0.15, -0.1) is 0 Å². The van der Waals surface area contributed by atoms with E-state index >= 15 is 0 Å². The van der Waals surface area contributed by atoms with E-state index in [2.05, 4.69) is 5.32 Å². The molecule has 1 atom stereocenters. The number of carbonyl (C=O) groups excluding carboxylic acids is 2. The minimum atomic E-state index is -0.634. The average molecular weight is 395 g/mol. The van der Waals surface area contributed by atoms with Gasteiger partial charge in [0.15, 0.2) is 18.1 Å². The van der Waals surface area contributed by atoms with Gasteiger partial charge in [0, 0.05) is 0 Å². The first-order valence-corrected chi connectivity index (χ1v) is 10.0. The van der Waals surface area contributed by atoms with Gasteiger partial charge >= 0.3 is 5.97 Å². The number of hydrogen-bond acceptors (Lipinski definition) is 5. The molecule has 4 rings (SSSR count). The van der Waals surface area contributed by atoms with Crippen LogP contribution in [-0.4, -0.2) is 25.3 Å². The molecule has 1 aliphatic heterocycles. The maximum atomic E-state index is 12.9. The van der Waals surface area contributed by atoms with Crippen molar-refractivity contribution < 1.29 is 23.8 Å². The summed E-state index contributed by atoms with van der Waals surface area (Å²) in [5.74, 6) is 0.724. The van der Waals surface area contributed by atoms with Gasteiger partial charge in [0.1, 0.15) is 0 Å². The summed E-state index contributed by atoms with van der Waals surface area (Å²) in [5.41, 5.74) is 1.23. The standard InChI is InChI=1S/C23H25NO5/c1-16(17-9-10-19-20(13-17)29-15-28-19)24-21(25)14-27-22(26)23(11-5-6-12-23)18-7-3-2-4-8-18/h2-4,7-10,13,16H,5-6,11-12,14-15H2,1H3,(H,24,25)/t16-/m1/s1. The van der Waals surface area contributed by atoms with E-state index in [9.17, 15) is 9.59 Å². The van der Waals surface area contributed by atoms with Crippen molar-refractivity contribution in [2.24, 2.45) is 0 Å². The number of carbonyl (C=O) groups is 2. The number of hydrogen-bond donors (Lipinski definition) is 1. The van der Waals surface area contributed by atoms with E-state index in [1.807, 2.05) is 55.5 Å². The summed E-state index contributed by atoms with van der Waals surface area (Å²) in [6.07, 6.45) is 3.48. The minimum absolute atomic E-state index is 0.207. The summed E-state index contributed by atoms with van der Waals surface area (Å²) < 4.78 is 16.1. The fourth-order valence-corrected chi connectivity index (χ4v) is 4.16. The van der Waals surface area contributed by atoms with Gasteiger partial charge in [0.2, 0.25) is 6.79 Å². The fourth-order valence-electron chi connectivity index (χ4n) is 4.16. The van der Waals surface area contributed by atoms with Crippen LogP contribution in [0.4, 0.5) is 0 Å². The van der Waals surface area contributed by atoms with Crippen LogP contribution in [0.1, 0.15) is 49.8 Å². The second-order valence-electron chi connectivity index (χ2n) is 7.63. The van der Waals surface area contributed by atoms with Crippen LogP contribution in [0.25, 0.3) is 0 Å². The van der Waals surface area contributed by atoms with Gasteiger partial charge in [0.25, 0.3) is 5.91 Å². The summed E-state index contributed by atoms with van der Waals surface area (Å²) in [5, 5.41) is 2.87. The molecule has 2 aromatic carbocycles. The third kappa shape index (κ3) is 3.92. The van der Waals surface area contributed by atoms with Crippen LogP contribution in [0, 0.1) is 0 Å². The van der Waals surface area contributed by atoms with Crippen molar-refractivity contribution in [1.29, 1.82) is 0 Å². The molecule has 6 nitrogen and oxygen atoms in total. The largest absolute Gasteiger partial charge is 0.455 e. The lowest BCUT2D eigenvalue weighted by atomic mass is 9.79. The number of nitrogens with one attached hydrogen (secondary N) is 1. The van der Waals surface area contributed by atoms with Crippen LogP contribution in [0.3, 0.4) is 0 Å². The Kier molecular flexibility index (Phi) is 5.43. The highest BCUT2D eigenvalue weighted by Crippen LogP contribution is 2.42. The number of benzene rings is 2. The van der Waals surface area contributed by atoms with Gasteiger partial charge in [0.05, 0.1) is 11.5 Å². The van der Waals surface area contributed by atoms with Crippen molar-refractivity contribution in [2.75, 3.05) is 13.4 Å². The number of esters is 1. The van der Waals surface area contributed by atoms with E-state index in [0.29, 0.717) is 11.5 Å². The summed E-state index contributed by atoms with van der Waals surface area (Å²) in [7, 11) is 0. The zero-order valence-electron chi connectivity index (χ0n) is 16.5. The summed E-state index contributed by atoms with van der Waals surface area (Å²) in [6.45, 7) is 1.79. The third-order valence-corrected chi connectivity index (χ3v) is 5.78. The Hall–Kier alpha value is -3.02. The van der Waals surface area contributed by atoms with Crippen molar-refractivity contribution >= 4 is 11.9 Å². The van der Waals surface area contributed by atoms with E-state index in [0.717, 1.165) is 36.8 Å². The first-order chi connectivity index (χ1) is 14.1. The van der Waals surface area contributed by atoms with Crippen molar-refractivity contribution in [2.45, 2.75) is 44.1 Å². The smallest absolute Gasteiger partial charge is 0.317 e. The Morgan fingerprint density at radius 2 is 1.79 bits per heavy atom. The van der Waals surface area contributed by atoms with E-state index < -0.39 is 5.41 Å². The third-order valence-electron chi connectivity index (χ3n) is 5.78. The fraction of sp³-hybridized carbons (Fsp3) is 0.391. The Morgan fingerprint density at radius 1 is 1.07 bits per heavy atom. The molecule has 1 fully saturated rings. The second kappa shape index (κ2) is 8.15. The van der Waals surface area contributed by atoms with Crippen molar-refractivity contribution in [3.05, 3.63) is 59.7 Å². The summed E-state index contributed by atoms with van der Waals surface area (Å²) in [4.78, 5) is 25.3. The summed E-state index contributed by atoms with van der Waals surface area (Å²) in [6, 6.07) is 15.0. The molecule has 1 N–H and O–H groups in total. The second-order valence-corrected chi connectivity index (χ2v) is 7.63. The van der Waals surface area contributed by atoms with Crippen molar-refractivity contribution in [1.82, 2.24) is 5.32 Å². The van der Waals surface area contributed by atoms with Gasteiger partial charge in [-0.25, -0.2) is 0 Å². The highest BCUT2D eigenvalue weighted by atomic mass is 16.7. The molecule has 0 unspecified atom stereocenters. The van der Waals surface area contributed by atoms with Gasteiger partial charge < -0.3 is 19.5 Å². The Balaban J connectivity index is 1.36. The molecule has 0 radical (unpaired) electrons. The zero-order chi connectivity index (χ0) is 20.3. The molecule has 152 valence electrons. The van der Waals surface area contributed by atoms with Gasteiger partial charge in [-0.3, -0.25) is 9.59 Å². The molecule has 0 saturated heterocycles. The van der Waals surface area contributed by atoms with Crippen LogP contribution >= 0.6 is 0 Å².